The summed E-state index contributed by atoms with van der Waals surface area (Å²) in [7, 11) is 1.97. The van der Waals surface area contributed by atoms with Gasteiger partial charge in [0, 0.05) is 13.3 Å². The van der Waals surface area contributed by atoms with Crippen LogP contribution in [0.1, 0.15) is 41.5 Å². The summed E-state index contributed by atoms with van der Waals surface area (Å²) >= 11 is 0. The number of hydrogen-bond acceptors (Lipinski definition) is 3. The Morgan fingerprint density at radius 3 is 2.12 bits per heavy atom. The first-order chi connectivity index (χ1) is 7.66. The minimum absolute atomic E-state index is 0.202. The van der Waals surface area contributed by atoms with E-state index >= 15 is 0 Å². The van der Waals surface area contributed by atoms with Gasteiger partial charge in [0.2, 0.25) is 0 Å². The molecule has 0 N–H and O–H groups in total. The number of nitrogens with zero attached hydrogens (tertiary/aromatic N) is 3. The van der Waals surface area contributed by atoms with Gasteiger partial charge < -0.3 is 0 Å². The van der Waals surface area contributed by atoms with E-state index in [1.807, 2.05) is 46.7 Å². The quantitative estimate of drug-likeness (QED) is 0.662. The zero-order valence-corrected chi connectivity index (χ0v) is 11.9. The van der Waals surface area contributed by atoms with Crippen LogP contribution in [0, 0.1) is 0 Å². The summed E-state index contributed by atoms with van der Waals surface area (Å²) in [5.41, 5.74) is 1.07. The second-order valence-corrected chi connectivity index (χ2v) is 3.03. The number of likely N-dealkylation sites (N-methyl/N-ethyl adjacent to an activating group) is 1. The summed E-state index contributed by atoms with van der Waals surface area (Å²) in [6.45, 7) is 15.7. The Morgan fingerprint density at radius 2 is 1.81 bits per heavy atom. The number of rotatable bonds is 2. The van der Waals surface area contributed by atoms with Crippen molar-refractivity contribution in [3.05, 3.63) is 12.7 Å². The molecule has 1 aliphatic heterocycles. The number of aliphatic imine (C=N–C) groups is 1. The molecule has 0 aromatic heterocycles. The van der Waals surface area contributed by atoms with E-state index in [-0.39, 0.29) is 6.04 Å². The Morgan fingerprint density at radius 1 is 1.31 bits per heavy atom. The molecule has 0 aromatic rings. The van der Waals surface area contributed by atoms with Gasteiger partial charge in [-0.2, -0.15) is 5.10 Å². The molecule has 2 atom stereocenters. The van der Waals surface area contributed by atoms with Crippen molar-refractivity contribution in [1.29, 1.82) is 0 Å². The molecule has 0 bridgehead atoms. The number of hydrogen-bond donors (Lipinski definition) is 0. The Balaban J connectivity index is 0. The van der Waals surface area contributed by atoms with Crippen molar-refractivity contribution in [3.8, 4) is 0 Å². The zero-order chi connectivity index (χ0) is 13.1. The molecule has 0 amide bonds. The molecule has 94 valence electrons. The van der Waals surface area contributed by atoms with Crippen LogP contribution in [-0.2, 0) is 0 Å². The van der Waals surface area contributed by atoms with Gasteiger partial charge in [0.05, 0.1) is 11.8 Å². The van der Waals surface area contributed by atoms with E-state index in [9.17, 15) is 0 Å². The molecule has 0 saturated carbocycles. The normalized spacial score (nSPS) is 22.9. The second kappa shape index (κ2) is 10.4. The van der Waals surface area contributed by atoms with Gasteiger partial charge in [-0.1, -0.05) is 40.3 Å². The summed E-state index contributed by atoms with van der Waals surface area (Å²) in [4.78, 5) is 4.34. The highest BCUT2D eigenvalue weighted by atomic mass is 15.5. The lowest BCUT2D eigenvalue weighted by Crippen LogP contribution is -2.30. The van der Waals surface area contributed by atoms with Crippen molar-refractivity contribution >= 4 is 11.9 Å². The lowest BCUT2D eigenvalue weighted by Gasteiger charge is -2.17. The number of hydrazone groups is 1. The maximum Gasteiger partial charge on any atom is 0.111 e. The van der Waals surface area contributed by atoms with E-state index < -0.39 is 0 Å². The molecule has 0 spiro atoms. The molecule has 2 unspecified atom stereocenters. The highest BCUT2D eigenvalue weighted by Gasteiger charge is 2.28. The predicted molar refractivity (Wildman–Crippen MR) is 75.5 cm³/mol. The van der Waals surface area contributed by atoms with Crippen LogP contribution < -0.4 is 0 Å². The van der Waals surface area contributed by atoms with Crippen molar-refractivity contribution < 1.29 is 0 Å². The lowest BCUT2D eigenvalue weighted by molar-refractivity contribution is 0.290. The third-order valence-corrected chi connectivity index (χ3v) is 2.14. The van der Waals surface area contributed by atoms with Crippen LogP contribution in [0.2, 0.25) is 0 Å². The minimum atomic E-state index is 0.202. The van der Waals surface area contributed by atoms with Gasteiger partial charge in [-0.3, -0.25) is 10.0 Å². The molecule has 0 aromatic carbocycles. The molecule has 0 aliphatic carbocycles. The average molecular weight is 225 g/mol. The smallest absolute Gasteiger partial charge is 0.111 e. The topological polar surface area (TPSA) is 28.0 Å². The predicted octanol–water partition coefficient (Wildman–Crippen LogP) is 3.37. The monoisotopic (exact) mass is 225 g/mol. The van der Waals surface area contributed by atoms with E-state index in [0.29, 0.717) is 6.04 Å². The summed E-state index contributed by atoms with van der Waals surface area (Å²) in [6.07, 6.45) is 3.43. The molecule has 1 heterocycles. The largest absolute Gasteiger partial charge is 0.295 e. The van der Waals surface area contributed by atoms with Gasteiger partial charge >= 0.3 is 0 Å². The summed E-state index contributed by atoms with van der Waals surface area (Å²) in [5, 5.41) is 6.25. The molecular weight excluding hydrogens is 198 g/mol. The van der Waals surface area contributed by atoms with E-state index in [1.165, 1.54) is 0 Å². The van der Waals surface area contributed by atoms with Crippen LogP contribution in [0.3, 0.4) is 0 Å². The van der Waals surface area contributed by atoms with Crippen LogP contribution in [0.4, 0.5) is 0 Å². The van der Waals surface area contributed by atoms with Crippen molar-refractivity contribution in [2.75, 3.05) is 7.05 Å². The van der Waals surface area contributed by atoms with Crippen LogP contribution in [0.25, 0.3) is 0 Å². The fourth-order valence-electron chi connectivity index (χ4n) is 1.34. The average Bonchev–Trinajstić information content (AvgIpc) is 2.57. The lowest BCUT2D eigenvalue weighted by atomic mass is 10.1. The second-order valence-electron chi connectivity index (χ2n) is 3.03. The summed E-state index contributed by atoms with van der Waals surface area (Å²) in [5.74, 6) is 0. The van der Waals surface area contributed by atoms with E-state index in [2.05, 4.69) is 23.6 Å². The van der Waals surface area contributed by atoms with Crippen LogP contribution in [0.5, 0.6) is 0 Å². The van der Waals surface area contributed by atoms with Gasteiger partial charge in [-0.15, -0.1) is 0 Å². The minimum Gasteiger partial charge on any atom is -0.295 e. The highest BCUT2D eigenvalue weighted by molar-refractivity contribution is 5.91. The van der Waals surface area contributed by atoms with Crippen LogP contribution in [0.15, 0.2) is 22.7 Å². The Labute approximate surface area is 101 Å². The summed E-state index contributed by atoms with van der Waals surface area (Å²) < 4.78 is 0. The fourth-order valence-corrected chi connectivity index (χ4v) is 1.34. The maximum atomic E-state index is 4.34. The highest BCUT2D eigenvalue weighted by Crippen LogP contribution is 2.15. The van der Waals surface area contributed by atoms with Gasteiger partial charge in [0.15, 0.2) is 0 Å². The first kappa shape index (κ1) is 17.3. The fraction of sp³-hybridized carbons (Fsp3) is 0.692. The zero-order valence-electron chi connectivity index (χ0n) is 11.9. The third kappa shape index (κ3) is 5.10. The molecular formula is C13H27N3. The Hall–Kier alpha value is -1.12. The van der Waals surface area contributed by atoms with Crippen molar-refractivity contribution in [3.63, 3.8) is 0 Å². The van der Waals surface area contributed by atoms with Crippen molar-refractivity contribution in [2.24, 2.45) is 10.1 Å². The van der Waals surface area contributed by atoms with Crippen molar-refractivity contribution in [1.82, 2.24) is 5.01 Å². The van der Waals surface area contributed by atoms with Crippen LogP contribution >= 0.6 is 0 Å². The first-order valence-corrected chi connectivity index (χ1v) is 6.09. The number of allylic oxidation sites excluding steroid dienone is 1. The van der Waals surface area contributed by atoms with E-state index in [1.54, 1.807) is 12.3 Å². The molecule has 1 aliphatic rings. The van der Waals surface area contributed by atoms with Gasteiger partial charge in [-0.25, -0.2) is 0 Å². The Bertz CT molecular complexity index is 231. The molecule has 16 heavy (non-hydrogen) atoms. The Kier molecular flexibility index (Phi) is 11.2. The molecule has 1 rings (SSSR count). The molecule has 0 radical (unpaired) electrons. The third-order valence-electron chi connectivity index (χ3n) is 2.14. The van der Waals surface area contributed by atoms with Gasteiger partial charge in [0.1, 0.15) is 6.04 Å². The summed E-state index contributed by atoms with van der Waals surface area (Å²) in [6, 6.07) is 0.564. The first-order valence-electron chi connectivity index (χ1n) is 6.09. The molecule has 3 nitrogen and oxygen atoms in total. The van der Waals surface area contributed by atoms with E-state index in [0.717, 1.165) is 5.71 Å². The molecule has 0 fully saturated rings. The maximum absolute atomic E-state index is 4.34. The van der Waals surface area contributed by atoms with Crippen molar-refractivity contribution in [2.45, 2.75) is 53.6 Å². The molecule has 0 saturated heterocycles. The molecule has 3 heteroatoms. The van der Waals surface area contributed by atoms with E-state index in [4.69, 9.17) is 0 Å². The SMILES string of the molecule is C=CC=NC1C(C)=NN(C)C1C.CC.CC. The van der Waals surface area contributed by atoms with Gasteiger partial charge in [0.25, 0.3) is 0 Å². The standard InChI is InChI=1S/C9H15N3.2C2H6/c1-5-6-10-9-7(2)11-12(4)8(9)3;2*1-2/h5-6,8-9H,1H2,2-4H3;2*1-2H3. The van der Waals surface area contributed by atoms with Crippen LogP contribution in [-0.4, -0.2) is 36.1 Å². The van der Waals surface area contributed by atoms with Gasteiger partial charge in [-0.05, 0) is 13.8 Å².